The van der Waals surface area contributed by atoms with Crippen LogP contribution in [0.1, 0.15) is 15.9 Å². The molecule has 0 aliphatic heterocycles. The molecule has 2 amide bonds. The van der Waals surface area contributed by atoms with Crippen LogP contribution in [-0.2, 0) is 11.3 Å². The summed E-state index contributed by atoms with van der Waals surface area (Å²) in [6.45, 7) is 0.164. The molecule has 168 valence electrons. The largest absolute Gasteiger partial charge is 0.497 e. The molecule has 32 heavy (non-hydrogen) atoms. The molecular formula is C22H23ClN4O5. The molecule has 10 heteroatoms. The van der Waals surface area contributed by atoms with E-state index in [0.29, 0.717) is 28.8 Å². The lowest BCUT2D eigenvalue weighted by atomic mass is 10.2. The van der Waals surface area contributed by atoms with Gasteiger partial charge in [0.15, 0.2) is 0 Å². The SMILES string of the molecule is CO.COc1ccc(Oc2ccc(CNC(=O)CNC(=O)c3cncnc3)cc2)c(Cl)c1. The number of rotatable bonds is 8. The smallest absolute Gasteiger partial charge is 0.254 e. The van der Waals surface area contributed by atoms with Gasteiger partial charge in [0, 0.05) is 32.1 Å². The van der Waals surface area contributed by atoms with E-state index >= 15 is 0 Å². The van der Waals surface area contributed by atoms with E-state index in [0.717, 1.165) is 12.7 Å². The lowest BCUT2D eigenvalue weighted by Crippen LogP contribution is -2.36. The Bertz CT molecular complexity index is 1020. The number of nitrogens with one attached hydrogen (secondary N) is 2. The standard InChI is InChI=1S/C21H19ClN4O4.CH4O/c1-29-17-6-7-19(18(22)8-17)30-16-4-2-14(3-5-16)9-25-20(27)12-26-21(28)15-10-23-13-24-11-15;1-2/h2-8,10-11,13H,9,12H2,1H3,(H,25,27)(H,26,28);2H,1H3. The molecule has 3 rings (SSSR count). The molecule has 3 N–H and O–H groups in total. The molecule has 0 spiro atoms. The maximum Gasteiger partial charge on any atom is 0.254 e. The molecule has 0 fully saturated rings. The van der Waals surface area contributed by atoms with Crippen molar-refractivity contribution < 1.29 is 24.2 Å². The van der Waals surface area contributed by atoms with Gasteiger partial charge in [0.2, 0.25) is 5.91 Å². The van der Waals surface area contributed by atoms with Gasteiger partial charge in [0.05, 0.1) is 24.2 Å². The van der Waals surface area contributed by atoms with Gasteiger partial charge >= 0.3 is 0 Å². The zero-order valence-corrected chi connectivity index (χ0v) is 18.3. The van der Waals surface area contributed by atoms with Gasteiger partial charge in [-0.3, -0.25) is 9.59 Å². The van der Waals surface area contributed by atoms with E-state index < -0.39 is 5.91 Å². The Labute approximate surface area is 190 Å². The van der Waals surface area contributed by atoms with Crippen molar-refractivity contribution in [2.24, 2.45) is 0 Å². The third-order valence-corrected chi connectivity index (χ3v) is 4.31. The number of aliphatic hydroxyl groups excluding tert-OH is 1. The first kappa shape index (κ1) is 24.6. The van der Waals surface area contributed by atoms with E-state index in [1.807, 2.05) is 12.1 Å². The first-order valence-electron chi connectivity index (χ1n) is 9.40. The van der Waals surface area contributed by atoms with Crippen LogP contribution >= 0.6 is 11.6 Å². The minimum absolute atomic E-state index is 0.148. The maximum absolute atomic E-state index is 11.9. The number of nitrogens with zero attached hydrogens (tertiary/aromatic N) is 2. The highest BCUT2D eigenvalue weighted by Gasteiger charge is 2.09. The number of carbonyl (C=O) groups excluding carboxylic acids is 2. The first-order valence-corrected chi connectivity index (χ1v) is 9.78. The lowest BCUT2D eigenvalue weighted by Gasteiger charge is -2.10. The summed E-state index contributed by atoms with van der Waals surface area (Å²) in [4.78, 5) is 31.3. The Balaban J connectivity index is 0.00000176. The van der Waals surface area contributed by atoms with Crippen LogP contribution in [0.25, 0.3) is 0 Å². The molecule has 1 heterocycles. The number of ether oxygens (including phenoxy) is 2. The zero-order valence-electron chi connectivity index (χ0n) is 17.5. The Hall–Kier alpha value is -3.69. The average Bonchev–Trinajstić information content (AvgIpc) is 2.85. The van der Waals surface area contributed by atoms with Crippen LogP contribution in [0.15, 0.2) is 61.2 Å². The molecule has 1 aromatic heterocycles. The second-order valence-electron chi connectivity index (χ2n) is 6.13. The molecule has 9 nitrogen and oxygen atoms in total. The highest BCUT2D eigenvalue weighted by atomic mass is 35.5. The minimum Gasteiger partial charge on any atom is -0.497 e. The van der Waals surface area contributed by atoms with Gasteiger partial charge in [-0.1, -0.05) is 23.7 Å². The highest BCUT2D eigenvalue weighted by Crippen LogP contribution is 2.32. The second-order valence-corrected chi connectivity index (χ2v) is 6.54. The summed E-state index contributed by atoms with van der Waals surface area (Å²) >= 11 is 6.18. The van der Waals surface area contributed by atoms with Crippen LogP contribution in [0, 0.1) is 0 Å². The third kappa shape index (κ3) is 7.53. The van der Waals surface area contributed by atoms with Gasteiger partial charge in [-0.2, -0.15) is 0 Å². The van der Waals surface area contributed by atoms with Crippen LogP contribution < -0.4 is 20.1 Å². The van der Waals surface area contributed by atoms with Crippen LogP contribution in [0.5, 0.6) is 17.2 Å². The summed E-state index contributed by atoms with van der Waals surface area (Å²) in [7, 11) is 2.57. The second kappa shape index (κ2) is 12.9. The zero-order chi connectivity index (χ0) is 23.3. The fourth-order valence-electron chi connectivity index (χ4n) is 2.44. The summed E-state index contributed by atoms with van der Waals surface area (Å²) in [5.74, 6) is 1.04. The van der Waals surface area contributed by atoms with Crippen LogP contribution in [0.2, 0.25) is 5.02 Å². The van der Waals surface area contributed by atoms with Gasteiger partial charge in [0.1, 0.15) is 23.6 Å². The average molecular weight is 459 g/mol. The topological polar surface area (TPSA) is 123 Å². The van der Waals surface area contributed by atoms with Crippen molar-refractivity contribution >= 4 is 23.4 Å². The number of carbonyl (C=O) groups is 2. The van der Waals surface area contributed by atoms with Crippen molar-refractivity contribution in [1.82, 2.24) is 20.6 Å². The van der Waals surface area contributed by atoms with Crippen LogP contribution in [0.3, 0.4) is 0 Å². The number of aliphatic hydroxyl groups is 1. The van der Waals surface area contributed by atoms with Gasteiger partial charge in [-0.25, -0.2) is 9.97 Å². The molecule has 2 aromatic carbocycles. The molecule has 0 radical (unpaired) electrons. The molecule has 0 saturated carbocycles. The van der Waals surface area contributed by atoms with Gasteiger partial charge in [0.25, 0.3) is 5.91 Å². The number of amides is 2. The molecule has 0 aliphatic rings. The van der Waals surface area contributed by atoms with E-state index in [-0.39, 0.29) is 18.0 Å². The third-order valence-electron chi connectivity index (χ3n) is 4.01. The van der Waals surface area contributed by atoms with Gasteiger partial charge in [-0.15, -0.1) is 0 Å². The molecule has 0 unspecified atom stereocenters. The quantitative estimate of drug-likeness (QED) is 0.474. The monoisotopic (exact) mass is 458 g/mol. The number of hydrogen-bond donors (Lipinski definition) is 3. The minimum atomic E-state index is -0.413. The van der Waals surface area contributed by atoms with E-state index in [4.69, 9.17) is 26.2 Å². The van der Waals surface area contributed by atoms with Crippen molar-refractivity contribution in [2.45, 2.75) is 6.54 Å². The van der Waals surface area contributed by atoms with E-state index in [1.54, 1.807) is 37.4 Å². The van der Waals surface area contributed by atoms with Crippen molar-refractivity contribution in [3.05, 3.63) is 77.3 Å². The number of methoxy groups -OCH3 is 1. The fraction of sp³-hybridized carbons (Fsp3) is 0.182. The number of benzene rings is 2. The normalized spacial score (nSPS) is 9.75. The van der Waals surface area contributed by atoms with Crippen molar-refractivity contribution in [3.8, 4) is 17.2 Å². The Morgan fingerprint density at radius 2 is 1.66 bits per heavy atom. The first-order chi connectivity index (χ1) is 15.5. The summed E-state index contributed by atoms with van der Waals surface area (Å²) in [6, 6.07) is 12.4. The predicted octanol–water partition coefficient (Wildman–Crippen LogP) is 2.59. The highest BCUT2D eigenvalue weighted by molar-refractivity contribution is 6.32. The Morgan fingerprint density at radius 3 is 2.28 bits per heavy atom. The van der Waals surface area contributed by atoms with Gasteiger partial charge < -0.3 is 25.2 Å². The molecule has 0 bridgehead atoms. The molecule has 0 saturated heterocycles. The van der Waals surface area contributed by atoms with Crippen molar-refractivity contribution in [1.29, 1.82) is 0 Å². The van der Waals surface area contributed by atoms with Gasteiger partial charge in [-0.05, 0) is 29.8 Å². The van der Waals surface area contributed by atoms with Crippen LogP contribution in [0.4, 0.5) is 0 Å². The Kier molecular flexibility index (Phi) is 9.89. The predicted molar refractivity (Wildman–Crippen MR) is 119 cm³/mol. The number of hydrogen-bond acceptors (Lipinski definition) is 7. The summed E-state index contributed by atoms with van der Waals surface area (Å²) in [5.41, 5.74) is 1.16. The maximum atomic E-state index is 11.9. The van der Waals surface area contributed by atoms with Crippen LogP contribution in [-0.4, -0.2) is 47.7 Å². The lowest BCUT2D eigenvalue weighted by molar-refractivity contribution is -0.120. The molecule has 0 aliphatic carbocycles. The molecular weight excluding hydrogens is 436 g/mol. The molecule has 3 aromatic rings. The van der Waals surface area contributed by atoms with E-state index in [1.165, 1.54) is 18.7 Å². The molecule has 0 atom stereocenters. The van der Waals surface area contributed by atoms with E-state index in [9.17, 15) is 9.59 Å². The van der Waals surface area contributed by atoms with Crippen molar-refractivity contribution in [2.75, 3.05) is 20.8 Å². The number of halogens is 1. The fourth-order valence-corrected chi connectivity index (χ4v) is 2.64. The summed E-state index contributed by atoms with van der Waals surface area (Å²) in [6.07, 6.45) is 4.08. The number of aromatic nitrogens is 2. The summed E-state index contributed by atoms with van der Waals surface area (Å²) < 4.78 is 10.9. The summed E-state index contributed by atoms with van der Waals surface area (Å²) in [5, 5.41) is 12.7. The van der Waals surface area contributed by atoms with E-state index in [2.05, 4.69) is 20.6 Å². The Morgan fingerprint density at radius 1 is 1.00 bits per heavy atom. The van der Waals surface area contributed by atoms with Crippen molar-refractivity contribution in [3.63, 3.8) is 0 Å².